The highest BCUT2D eigenvalue weighted by molar-refractivity contribution is 5.50. The maximum Gasteiger partial charge on any atom is 0.136 e. The molecule has 19 heavy (non-hydrogen) atoms. The van der Waals surface area contributed by atoms with Gasteiger partial charge < -0.3 is 15.3 Å². The summed E-state index contributed by atoms with van der Waals surface area (Å²) in [6.45, 7) is 6.75. The highest BCUT2D eigenvalue weighted by Gasteiger charge is 2.27. The van der Waals surface area contributed by atoms with E-state index in [4.69, 9.17) is 0 Å². The summed E-state index contributed by atoms with van der Waals surface area (Å²) in [5.41, 5.74) is 0. The van der Waals surface area contributed by atoms with Gasteiger partial charge in [0.2, 0.25) is 0 Å². The Hall–Kier alpha value is -1.36. The van der Waals surface area contributed by atoms with E-state index >= 15 is 0 Å². The molecule has 2 rings (SSSR count). The van der Waals surface area contributed by atoms with Crippen LogP contribution in [0.5, 0.6) is 0 Å². The van der Waals surface area contributed by atoms with Crippen molar-refractivity contribution in [1.29, 1.82) is 0 Å². The summed E-state index contributed by atoms with van der Waals surface area (Å²) in [6.07, 6.45) is 3.44. The molecular formula is C14H24N4O. The molecule has 5 heteroatoms. The number of rotatable bonds is 8. The summed E-state index contributed by atoms with van der Waals surface area (Å²) >= 11 is 0. The lowest BCUT2D eigenvalue weighted by Crippen LogP contribution is -2.28. The minimum atomic E-state index is 0.152. The minimum absolute atomic E-state index is 0.152. The first-order chi connectivity index (χ1) is 9.28. The second kappa shape index (κ2) is 6.70. The first-order valence-corrected chi connectivity index (χ1v) is 7.27. The van der Waals surface area contributed by atoms with Crippen molar-refractivity contribution in [3.05, 3.63) is 11.9 Å². The topological polar surface area (TPSA) is 61.3 Å². The van der Waals surface area contributed by atoms with E-state index in [1.165, 1.54) is 12.8 Å². The maximum absolute atomic E-state index is 9.19. The van der Waals surface area contributed by atoms with E-state index in [0.29, 0.717) is 12.5 Å². The molecule has 1 heterocycles. The molecule has 0 bridgehead atoms. The summed E-state index contributed by atoms with van der Waals surface area (Å²) in [5.74, 6) is 3.32. The molecule has 2 N–H and O–H groups in total. The molecule has 0 aromatic carbocycles. The van der Waals surface area contributed by atoms with Crippen LogP contribution in [-0.2, 0) is 0 Å². The Morgan fingerprint density at radius 1 is 1.32 bits per heavy atom. The molecule has 0 unspecified atom stereocenters. The van der Waals surface area contributed by atoms with E-state index in [0.717, 1.165) is 37.0 Å². The lowest BCUT2D eigenvalue weighted by atomic mass is 10.3. The van der Waals surface area contributed by atoms with E-state index in [-0.39, 0.29) is 6.61 Å². The lowest BCUT2D eigenvalue weighted by molar-refractivity contribution is 0.301. The molecular weight excluding hydrogens is 240 g/mol. The third kappa shape index (κ3) is 3.80. The van der Waals surface area contributed by atoms with Crippen molar-refractivity contribution in [3.8, 4) is 0 Å². The number of hydrogen-bond donors (Lipinski definition) is 2. The molecule has 1 fully saturated rings. The number of nitrogens with zero attached hydrogens (tertiary/aromatic N) is 3. The van der Waals surface area contributed by atoms with Crippen molar-refractivity contribution in [2.45, 2.75) is 39.0 Å². The first kappa shape index (κ1) is 14.1. The fourth-order valence-corrected chi connectivity index (χ4v) is 2.14. The van der Waals surface area contributed by atoms with Gasteiger partial charge in [-0.05, 0) is 26.2 Å². The summed E-state index contributed by atoms with van der Waals surface area (Å²) < 4.78 is 0. The van der Waals surface area contributed by atoms with Gasteiger partial charge in [0.1, 0.15) is 17.5 Å². The molecule has 106 valence electrons. The predicted octanol–water partition coefficient (Wildman–Crippen LogP) is 1.99. The van der Waals surface area contributed by atoms with Crippen LogP contribution >= 0.6 is 0 Å². The largest absolute Gasteiger partial charge is 0.395 e. The molecule has 1 aliphatic rings. The second-order valence-electron chi connectivity index (χ2n) is 4.98. The number of nitrogens with one attached hydrogen (secondary N) is 1. The monoisotopic (exact) mass is 264 g/mol. The van der Waals surface area contributed by atoms with Gasteiger partial charge in [0.25, 0.3) is 0 Å². The van der Waals surface area contributed by atoms with Crippen LogP contribution in [0.4, 0.5) is 11.6 Å². The van der Waals surface area contributed by atoms with E-state index in [2.05, 4.69) is 34.0 Å². The molecule has 1 aromatic heterocycles. The summed E-state index contributed by atoms with van der Waals surface area (Å²) in [5, 5.41) is 12.5. The van der Waals surface area contributed by atoms with Gasteiger partial charge in [-0.1, -0.05) is 6.92 Å². The number of aromatic nitrogens is 2. The zero-order valence-corrected chi connectivity index (χ0v) is 11.9. The molecule has 0 atom stereocenters. The van der Waals surface area contributed by atoms with Gasteiger partial charge in [-0.3, -0.25) is 0 Å². The van der Waals surface area contributed by atoms with E-state index in [1.807, 2.05) is 6.07 Å². The highest BCUT2D eigenvalue weighted by atomic mass is 16.3. The minimum Gasteiger partial charge on any atom is -0.395 e. The first-order valence-electron chi connectivity index (χ1n) is 7.27. The molecule has 0 radical (unpaired) electrons. The van der Waals surface area contributed by atoms with Crippen molar-refractivity contribution in [2.75, 3.05) is 36.5 Å². The SMILES string of the molecule is CCCN(CCO)c1cc(NCC)nc(C2CC2)n1. The molecule has 0 amide bonds. The molecule has 1 aromatic rings. The Morgan fingerprint density at radius 3 is 2.68 bits per heavy atom. The van der Waals surface area contributed by atoms with Crippen molar-refractivity contribution in [3.63, 3.8) is 0 Å². The van der Waals surface area contributed by atoms with Crippen LogP contribution in [0.15, 0.2) is 6.07 Å². The molecule has 0 aliphatic heterocycles. The Balaban J connectivity index is 2.24. The molecule has 0 spiro atoms. The lowest BCUT2D eigenvalue weighted by Gasteiger charge is -2.23. The maximum atomic E-state index is 9.19. The van der Waals surface area contributed by atoms with Gasteiger partial charge in [-0.25, -0.2) is 9.97 Å². The van der Waals surface area contributed by atoms with Crippen LogP contribution in [0.1, 0.15) is 44.9 Å². The Kier molecular flexibility index (Phi) is 4.96. The molecule has 1 saturated carbocycles. The van der Waals surface area contributed by atoms with Crippen LogP contribution in [0.2, 0.25) is 0 Å². The van der Waals surface area contributed by atoms with Crippen molar-refractivity contribution in [2.24, 2.45) is 0 Å². The van der Waals surface area contributed by atoms with Crippen LogP contribution in [-0.4, -0.2) is 41.3 Å². The average Bonchev–Trinajstić information content (AvgIpc) is 3.23. The Morgan fingerprint density at radius 2 is 2.11 bits per heavy atom. The van der Waals surface area contributed by atoms with Gasteiger partial charge in [0, 0.05) is 31.6 Å². The van der Waals surface area contributed by atoms with Crippen molar-refractivity contribution in [1.82, 2.24) is 9.97 Å². The summed E-state index contributed by atoms with van der Waals surface area (Å²) in [7, 11) is 0. The summed E-state index contributed by atoms with van der Waals surface area (Å²) in [6, 6.07) is 1.99. The van der Waals surface area contributed by atoms with E-state index in [1.54, 1.807) is 0 Å². The molecule has 5 nitrogen and oxygen atoms in total. The highest BCUT2D eigenvalue weighted by Crippen LogP contribution is 2.39. The second-order valence-corrected chi connectivity index (χ2v) is 4.98. The third-order valence-electron chi connectivity index (χ3n) is 3.22. The predicted molar refractivity (Wildman–Crippen MR) is 77.8 cm³/mol. The van der Waals surface area contributed by atoms with Crippen molar-refractivity contribution >= 4 is 11.6 Å². The standard InChI is InChI=1S/C14H24N4O/c1-3-7-18(8-9-19)13-10-12(15-4-2)16-14(17-13)11-5-6-11/h10-11,19H,3-9H2,1-2H3,(H,15,16,17). The normalized spacial score (nSPS) is 14.5. The number of hydrogen-bond acceptors (Lipinski definition) is 5. The van der Waals surface area contributed by atoms with Crippen molar-refractivity contribution < 1.29 is 5.11 Å². The van der Waals surface area contributed by atoms with Gasteiger partial charge in [-0.15, -0.1) is 0 Å². The quantitative estimate of drug-likeness (QED) is 0.752. The number of aliphatic hydroxyl groups is 1. The smallest absolute Gasteiger partial charge is 0.136 e. The number of aliphatic hydroxyl groups excluding tert-OH is 1. The zero-order chi connectivity index (χ0) is 13.7. The third-order valence-corrected chi connectivity index (χ3v) is 3.22. The number of anilines is 2. The van der Waals surface area contributed by atoms with Gasteiger partial charge >= 0.3 is 0 Å². The Bertz CT molecular complexity index is 400. The fourth-order valence-electron chi connectivity index (χ4n) is 2.14. The van der Waals surface area contributed by atoms with Crippen LogP contribution < -0.4 is 10.2 Å². The van der Waals surface area contributed by atoms with Gasteiger partial charge in [0.05, 0.1) is 6.61 Å². The van der Waals surface area contributed by atoms with Gasteiger partial charge in [-0.2, -0.15) is 0 Å². The van der Waals surface area contributed by atoms with Crippen LogP contribution in [0.25, 0.3) is 0 Å². The average molecular weight is 264 g/mol. The summed E-state index contributed by atoms with van der Waals surface area (Å²) in [4.78, 5) is 11.4. The molecule has 0 saturated heterocycles. The zero-order valence-electron chi connectivity index (χ0n) is 11.9. The van der Waals surface area contributed by atoms with Crippen LogP contribution in [0.3, 0.4) is 0 Å². The van der Waals surface area contributed by atoms with Gasteiger partial charge in [0.15, 0.2) is 0 Å². The molecule has 1 aliphatic carbocycles. The fraction of sp³-hybridized carbons (Fsp3) is 0.714. The van der Waals surface area contributed by atoms with E-state index < -0.39 is 0 Å². The van der Waals surface area contributed by atoms with E-state index in [9.17, 15) is 5.11 Å². The Labute approximate surface area is 115 Å². The van der Waals surface area contributed by atoms with Crippen LogP contribution in [0, 0.1) is 0 Å².